The van der Waals surface area contributed by atoms with Crippen molar-refractivity contribution < 1.29 is 4.74 Å². The predicted molar refractivity (Wildman–Crippen MR) is 121 cm³/mol. The minimum absolute atomic E-state index is 0. The molecule has 0 aliphatic carbocycles. The van der Waals surface area contributed by atoms with E-state index in [1.165, 1.54) is 5.01 Å². The van der Waals surface area contributed by atoms with E-state index in [2.05, 4.69) is 39.8 Å². The Morgan fingerprint density at radius 2 is 2.00 bits per heavy atom. The number of aromatic nitrogens is 1. The molecule has 0 atom stereocenters. The number of hydrogen-bond acceptors (Lipinski definition) is 4. The molecule has 0 amide bonds. The highest BCUT2D eigenvalue weighted by Crippen LogP contribution is 2.10. The van der Waals surface area contributed by atoms with Gasteiger partial charge in [0.1, 0.15) is 5.75 Å². The maximum atomic E-state index is 5.68. The number of benzene rings is 1. The number of halogens is 1. The maximum absolute atomic E-state index is 5.68. The Hall–Kier alpha value is -1.35. The molecule has 2 N–H and O–H groups in total. The van der Waals surface area contributed by atoms with Gasteiger partial charge in [0.15, 0.2) is 5.96 Å². The molecular formula is C19H29IN4OS. The van der Waals surface area contributed by atoms with E-state index in [4.69, 9.17) is 4.74 Å². The summed E-state index contributed by atoms with van der Waals surface area (Å²) in [4.78, 5) is 9.18. The van der Waals surface area contributed by atoms with Crippen LogP contribution >= 0.6 is 35.3 Å². The Balaban J connectivity index is 0.00000338. The fourth-order valence-electron chi connectivity index (χ4n) is 2.24. The Labute approximate surface area is 177 Å². The van der Waals surface area contributed by atoms with Gasteiger partial charge >= 0.3 is 0 Å². The van der Waals surface area contributed by atoms with Crippen LogP contribution in [0.1, 0.15) is 31.0 Å². The van der Waals surface area contributed by atoms with Crippen molar-refractivity contribution in [3.63, 3.8) is 0 Å². The van der Waals surface area contributed by atoms with Crippen LogP contribution in [0.5, 0.6) is 5.75 Å². The fraction of sp³-hybridized carbons (Fsp3) is 0.474. The topological polar surface area (TPSA) is 58.5 Å². The first-order valence-corrected chi connectivity index (χ1v) is 9.83. The lowest BCUT2D eigenvalue weighted by molar-refractivity contribution is 0.313. The van der Waals surface area contributed by atoms with Crippen LogP contribution in [0.3, 0.4) is 0 Å². The molecule has 0 fully saturated rings. The maximum Gasteiger partial charge on any atom is 0.191 e. The van der Waals surface area contributed by atoms with Gasteiger partial charge in [0, 0.05) is 37.9 Å². The number of aryl methyl sites for hydroxylation is 1. The van der Waals surface area contributed by atoms with Crippen LogP contribution < -0.4 is 15.4 Å². The van der Waals surface area contributed by atoms with Gasteiger partial charge in [-0.3, -0.25) is 4.99 Å². The molecular weight excluding hydrogens is 459 g/mol. The van der Waals surface area contributed by atoms with Gasteiger partial charge in [-0.1, -0.05) is 25.1 Å². The van der Waals surface area contributed by atoms with E-state index in [1.54, 1.807) is 11.3 Å². The van der Waals surface area contributed by atoms with E-state index in [1.807, 2.05) is 30.3 Å². The average Bonchev–Trinajstić information content (AvgIpc) is 3.10. The highest BCUT2D eigenvalue weighted by Gasteiger charge is 2.01. The second-order valence-electron chi connectivity index (χ2n) is 5.54. The van der Waals surface area contributed by atoms with Gasteiger partial charge in [0.2, 0.25) is 0 Å². The standard InChI is InChI=1S/C19H28N4OS.HI/c1-3-18-23-16(15-25-18)11-13-22-19(20-4-2)21-12-8-14-24-17-9-6-5-7-10-17;/h5-7,9-10,15H,3-4,8,11-14H2,1-2H3,(H2,20,21,22);1H. The van der Waals surface area contributed by atoms with Crippen molar-refractivity contribution in [3.8, 4) is 5.75 Å². The van der Waals surface area contributed by atoms with Crippen molar-refractivity contribution in [2.24, 2.45) is 4.99 Å². The summed E-state index contributed by atoms with van der Waals surface area (Å²) in [6.07, 6.45) is 2.81. The van der Waals surface area contributed by atoms with Crippen molar-refractivity contribution in [1.82, 2.24) is 15.6 Å². The molecule has 0 bridgehead atoms. The second kappa shape index (κ2) is 13.8. The number of guanidine groups is 1. The number of ether oxygens (including phenoxy) is 1. The zero-order valence-electron chi connectivity index (χ0n) is 15.5. The number of nitrogens with one attached hydrogen (secondary N) is 2. The van der Waals surface area contributed by atoms with Crippen LogP contribution in [-0.2, 0) is 12.8 Å². The molecule has 0 aliphatic rings. The van der Waals surface area contributed by atoms with Crippen molar-refractivity contribution >= 4 is 41.3 Å². The van der Waals surface area contributed by atoms with Crippen LogP contribution in [0, 0.1) is 0 Å². The number of rotatable bonds is 10. The first kappa shape index (κ1) is 22.7. The van der Waals surface area contributed by atoms with E-state index in [0.29, 0.717) is 6.61 Å². The summed E-state index contributed by atoms with van der Waals surface area (Å²) in [5, 5.41) is 9.99. The van der Waals surface area contributed by atoms with Crippen LogP contribution in [-0.4, -0.2) is 37.2 Å². The number of nitrogens with zero attached hydrogens (tertiary/aromatic N) is 2. The molecule has 1 aromatic heterocycles. The number of thiazole rings is 1. The van der Waals surface area contributed by atoms with E-state index in [0.717, 1.165) is 56.3 Å². The van der Waals surface area contributed by atoms with Crippen LogP contribution in [0.15, 0.2) is 40.7 Å². The van der Waals surface area contributed by atoms with Crippen molar-refractivity contribution in [3.05, 3.63) is 46.4 Å². The minimum atomic E-state index is 0. The normalized spacial score (nSPS) is 10.9. The van der Waals surface area contributed by atoms with Crippen LogP contribution in [0.4, 0.5) is 0 Å². The van der Waals surface area contributed by atoms with Gasteiger partial charge in [0.25, 0.3) is 0 Å². The summed E-state index contributed by atoms with van der Waals surface area (Å²) < 4.78 is 5.68. The quantitative estimate of drug-likeness (QED) is 0.231. The summed E-state index contributed by atoms with van der Waals surface area (Å²) >= 11 is 1.74. The lowest BCUT2D eigenvalue weighted by Gasteiger charge is -2.11. The summed E-state index contributed by atoms with van der Waals surface area (Å²) in [7, 11) is 0. The van der Waals surface area contributed by atoms with Gasteiger partial charge in [-0.2, -0.15) is 0 Å². The molecule has 0 radical (unpaired) electrons. The van der Waals surface area contributed by atoms with Crippen molar-refractivity contribution in [1.29, 1.82) is 0 Å². The lowest BCUT2D eigenvalue weighted by atomic mass is 10.3. The van der Waals surface area contributed by atoms with E-state index in [-0.39, 0.29) is 24.0 Å². The molecule has 0 saturated heterocycles. The van der Waals surface area contributed by atoms with Gasteiger partial charge in [0.05, 0.1) is 17.3 Å². The molecule has 0 aliphatic heterocycles. The zero-order chi connectivity index (χ0) is 17.7. The van der Waals surface area contributed by atoms with E-state index in [9.17, 15) is 0 Å². The minimum Gasteiger partial charge on any atom is -0.494 e. The third-order valence-electron chi connectivity index (χ3n) is 3.50. The first-order chi connectivity index (χ1) is 12.3. The fourth-order valence-corrected chi connectivity index (χ4v) is 3.02. The van der Waals surface area contributed by atoms with Gasteiger partial charge in [-0.15, -0.1) is 35.3 Å². The highest BCUT2D eigenvalue weighted by atomic mass is 127. The molecule has 0 unspecified atom stereocenters. The zero-order valence-corrected chi connectivity index (χ0v) is 18.7. The van der Waals surface area contributed by atoms with Gasteiger partial charge < -0.3 is 15.4 Å². The summed E-state index contributed by atoms with van der Waals surface area (Å²) in [5.41, 5.74) is 1.15. The Morgan fingerprint density at radius 3 is 2.69 bits per heavy atom. The number of para-hydroxylation sites is 1. The largest absolute Gasteiger partial charge is 0.494 e. The molecule has 144 valence electrons. The molecule has 0 spiro atoms. The van der Waals surface area contributed by atoms with Crippen LogP contribution in [0.2, 0.25) is 0 Å². The molecule has 2 aromatic rings. The Bertz CT molecular complexity index is 633. The average molecular weight is 488 g/mol. The smallest absolute Gasteiger partial charge is 0.191 e. The Morgan fingerprint density at radius 1 is 1.19 bits per heavy atom. The van der Waals surface area contributed by atoms with Crippen molar-refractivity contribution in [2.75, 3.05) is 26.2 Å². The SMILES string of the molecule is CCNC(=NCCCOc1ccccc1)NCCc1csc(CC)n1.I. The van der Waals surface area contributed by atoms with Crippen LogP contribution in [0.25, 0.3) is 0 Å². The van der Waals surface area contributed by atoms with Gasteiger partial charge in [-0.05, 0) is 25.5 Å². The molecule has 0 saturated carbocycles. The third-order valence-corrected chi connectivity index (χ3v) is 4.55. The number of aliphatic imine (C=N–C) groups is 1. The molecule has 26 heavy (non-hydrogen) atoms. The summed E-state index contributed by atoms with van der Waals surface area (Å²) in [6.45, 7) is 7.30. The second-order valence-corrected chi connectivity index (χ2v) is 6.48. The molecule has 5 nitrogen and oxygen atoms in total. The molecule has 2 rings (SSSR count). The summed E-state index contributed by atoms with van der Waals surface area (Å²) in [5.74, 6) is 1.76. The highest BCUT2D eigenvalue weighted by molar-refractivity contribution is 14.0. The predicted octanol–water partition coefficient (Wildman–Crippen LogP) is 3.89. The molecule has 1 aromatic carbocycles. The number of hydrogen-bond donors (Lipinski definition) is 2. The monoisotopic (exact) mass is 488 g/mol. The van der Waals surface area contributed by atoms with Crippen molar-refractivity contribution in [2.45, 2.75) is 33.1 Å². The van der Waals surface area contributed by atoms with E-state index < -0.39 is 0 Å². The lowest BCUT2D eigenvalue weighted by Crippen LogP contribution is -2.38. The van der Waals surface area contributed by atoms with Gasteiger partial charge in [-0.25, -0.2) is 4.98 Å². The third kappa shape index (κ3) is 8.84. The summed E-state index contributed by atoms with van der Waals surface area (Å²) in [6, 6.07) is 9.88. The Kier molecular flexibility index (Phi) is 12.0. The first-order valence-electron chi connectivity index (χ1n) is 8.95. The van der Waals surface area contributed by atoms with E-state index >= 15 is 0 Å². The molecule has 7 heteroatoms. The molecule has 1 heterocycles.